The minimum absolute atomic E-state index is 0.0479. The van der Waals surface area contributed by atoms with E-state index in [0.29, 0.717) is 23.4 Å². The molecule has 0 saturated carbocycles. The van der Waals surface area contributed by atoms with Gasteiger partial charge in [0.2, 0.25) is 5.91 Å². The summed E-state index contributed by atoms with van der Waals surface area (Å²) in [5, 5.41) is 3.38. The Morgan fingerprint density at radius 2 is 2.18 bits per heavy atom. The summed E-state index contributed by atoms with van der Waals surface area (Å²) in [6.07, 6.45) is 3.24. The molecule has 0 radical (unpaired) electrons. The van der Waals surface area contributed by atoms with E-state index >= 15 is 0 Å². The van der Waals surface area contributed by atoms with Gasteiger partial charge in [0, 0.05) is 12.1 Å². The Labute approximate surface area is 130 Å². The second-order valence-electron chi connectivity index (χ2n) is 5.34. The summed E-state index contributed by atoms with van der Waals surface area (Å²) in [4.78, 5) is 25.9. The van der Waals surface area contributed by atoms with Gasteiger partial charge in [0.1, 0.15) is 5.75 Å². The number of piperidine rings is 1. The van der Waals surface area contributed by atoms with E-state index in [1.807, 2.05) is 6.92 Å². The molecular formula is C16H23N3O3. The summed E-state index contributed by atoms with van der Waals surface area (Å²) in [5.74, 6) is -0.274. The van der Waals surface area contributed by atoms with Crippen molar-refractivity contribution in [1.29, 1.82) is 0 Å². The maximum Gasteiger partial charge on any atom is 0.258 e. The van der Waals surface area contributed by atoms with E-state index in [0.717, 1.165) is 25.8 Å². The van der Waals surface area contributed by atoms with Crippen molar-refractivity contribution in [3.8, 4) is 5.75 Å². The zero-order chi connectivity index (χ0) is 16.1. The first-order chi connectivity index (χ1) is 10.6. The molecule has 22 heavy (non-hydrogen) atoms. The maximum absolute atomic E-state index is 12.8. The molecule has 1 aliphatic rings. The second kappa shape index (κ2) is 7.26. The molecule has 1 fully saturated rings. The Bertz CT molecular complexity index is 554. The first kappa shape index (κ1) is 16.3. The summed E-state index contributed by atoms with van der Waals surface area (Å²) in [7, 11) is 1.48. The fourth-order valence-corrected chi connectivity index (χ4v) is 2.78. The highest BCUT2D eigenvalue weighted by Gasteiger charge is 2.26. The van der Waals surface area contributed by atoms with E-state index < -0.39 is 5.91 Å². The lowest BCUT2D eigenvalue weighted by atomic mass is 10.1. The number of nitrogens with zero attached hydrogens (tertiary/aromatic N) is 1. The van der Waals surface area contributed by atoms with Gasteiger partial charge in [-0.1, -0.05) is 0 Å². The van der Waals surface area contributed by atoms with Gasteiger partial charge in [-0.25, -0.2) is 0 Å². The maximum atomic E-state index is 12.8. The Hall–Kier alpha value is -2.08. The largest absolute Gasteiger partial charge is 0.496 e. The molecule has 6 heteroatoms. The number of carbonyl (C=O) groups is 2. The molecule has 1 saturated heterocycles. The summed E-state index contributed by atoms with van der Waals surface area (Å²) in [6.45, 7) is 3.49. The molecule has 0 spiro atoms. The van der Waals surface area contributed by atoms with Crippen molar-refractivity contribution >= 4 is 11.8 Å². The van der Waals surface area contributed by atoms with Crippen molar-refractivity contribution in [2.45, 2.75) is 32.4 Å². The molecule has 1 aliphatic heterocycles. The van der Waals surface area contributed by atoms with Gasteiger partial charge < -0.3 is 15.4 Å². The van der Waals surface area contributed by atoms with Crippen LogP contribution in [0, 0.1) is 0 Å². The van der Waals surface area contributed by atoms with Crippen LogP contribution in [0.5, 0.6) is 5.75 Å². The summed E-state index contributed by atoms with van der Waals surface area (Å²) < 4.78 is 5.26. The number of nitrogens with two attached hydrogens (primary N) is 1. The molecule has 0 bridgehead atoms. The molecule has 1 aromatic rings. The third-order valence-electron chi connectivity index (χ3n) is 3.98. The number of carbonyl (C=O) groups excluding carboxylic acids is 2. The normalized spacial score (nSPS) is 17.8. The van der Waals surface area contributed by atoms with Gasteiger partial charge in [-0.2, -0.15) is 0 Å². The Morgan fingerprint density at radius 3 is 2.73 bits per heavy atom. The molecule has 1 unspecified atom stereocenters. The number of nitrogens with one attached hydrogen (secondary N) is 1. The van der Waals surface area contributed by atoms with E-state index in [2.05, 4.69) is 5.32 Å². The van der Waals surface area contributed by atoms with Gasteiger partial charge in [0.05, 0.1) is 18.8 Å². The van der Waals surface area contributed by atoms with Crippen LogP contribution in [0.4, 0.5) is 0 Å². The predicted octanol–water partition coefficient (Wildman–Crippen LogP) is 1.36. The van der Waals surface area contributed by atoms with Crippen molar-refractivity contribution in [2.24, 2.45) is 5.73 Å². The first-order valence-electron chi connectivity index (χ1n) is 7.60. The number of rotatable bonds is 5. The molecule has 1 atom stereocenters. The highest BCUT2D eigenvalue weighted by Crippen LogP contribution is 2.23. The Balaban J connectivity index is 2.28. The lowest BCUT2D eigenvalue weighted by Crippen LogP contribution is -2.50. The van der Waals surface area contributed by atoms with Gasteiger partial charge in [-0.3, -0.25) is 14.9 Å². The van der Waals surface area contributed by atoms with E-state index in [1.165, 1.54) is 13.2 Å². The van der Waals surface area contributed by atoms with Crippen LogP contribution in [-0.2, 0) is 0 Å². The van der Waals surface area contributed by atoms with Gasteiger partial charge in [0.25, 0.3) is 5.91 Å². The third kappa shape index (κ3) is 3.39. The van der Waals surface area contributed by atoms with Gasteiger partial charge in [-0.15, -0.1) is 0 Å². The van der Waals surface area contributed by atoms with Crippen molar-refractivity contribution in [1.82, 2.24) is 10.2 Å². The van der Waals surface area contributed by atoms with E-state index in [4.69, 9.17) is 10.5 Å². The van der Waals surface area contributed by atoms with Crippen LogP contribution in [0.1, 0.15) is 46.9 Å². The standard InChI is InChI=1S/C16H23N3O3/c1-3-19(14-6-4-5-9-18-14)16(21)12-8-7-11(15(17)20)10-13(12)22-2/h7-8,10,14,18H,3-6,9H2,1-2H3,(H2,17,20). The minimum atomic E-state index is -0.543. The van der Waals surface area contributed by atoms with Crippen LogP contribution in [0.25, 0.3) is 0 Å². The lowest BCUT2D eigenvalue weighted by Gasteiger charge is -2.34. The number of hydrogen-bond donors (Lipinski definition) is 2. The van der Waals surface area contributed by atoms with Gasteiger partial charge in [0.15, 0.2) is 0 Å². The van der Waals surface area contributed by atoms with Gasteiger partial charge >= 0.3 is 0 Å². The minimum Gasteiger partial charge on any atom is -0.496 e. The van der Waals surface area contributed by atoms with Gasteiger partial charge in [-0.05, 0) is 50.9 Å². The monoisotopic (exact) mass is 305 g/mol. The number of ether oxygens (including phenoxy) is 1. The topological polar surface area (TPSA) is 84.7 Å². The Kier molecular flexibility index (Phi) is 5.38. The van der Waals surface area contributed by atoms with Crippen LogP contribution in [0.15, 0.2) is 18.2 Å². The molecule has 6 nitrogen and oxygen atoms in total. The number of methoxy groups -OCH3 is 1. The molecule has 1 aromatic carbocycles. The predicted molar refractivity (Wildman–Crippen MR) is 83.9 cm³/mol. The van der Waals surface area contributed by atoms with Crippen molar-refractivity contribution in [3.05, 3.63) is 29.3 Å². The zero-order valence-electron chi connectivity index (χ0n) is 13.1. The van der Waals surface area contributed by atoms with Crippen molar-refractivity contribution < 1.29 is 14.3 Å². The van der Waals surface area contributed by atoms with Crippen LogP contribution in [0.2, 0.25) is 0 Å². The average molecular weight is 305 g/mol. The smallest absolute Gasteiger partial charge is 0.258 e. The second-order valence-corrected chi connectivity index (χ2v) is 5.34. The summed E-state index contributed by atoms with van der Waals surface area (Å²) in [6, 6.07) is 4.67. The molecule has 0 aliphatic carbocycles. The average Bonchev–Trinajstić information content (AvgIpc) is 2.55. The number of benzene rings is 1. The molecule has 0 aromatic heterocycles. The highest BCUT2D eigenvalue weighted by atomic mass is 16.5. The summed E-state index contributed by atoms with van der Waals surface area (Å²) >= 11 is 0. The molecule has 120 valence electrons. The fourth-order valence-electron chi connectivity index (χ4n) is 2.78. The van der Waals surface area contributed by atoms with Crippen molar-refractivity contribution in [2.75, 3.05) is 20.2 Å². The fraction of sp³-hybridized carbons (Fsp3) is 0.500. The SMILES string of the molecule is CCN(C(=O)c1ccc(C(N)=O)cc1OC)C1CCCCN1. The number of amides is 2. The highest BCUT2D eigenvalue weighted by molar-refractivity contribution is 6.00. The first-order valence-corrected chi connectivity index (χ1v) is 7.60. The summed E-state index contributed by atoms with van der Waals surface area (Å²) in [5.41, 5.74) is 6.04. The van der Waals surface area contributed by atoms with Crippen LogP contribution in [0.3, 0.4) is 0 Å². The van der Waals surface area contributed by atoms with Crippen LogP contribution >= 0.6 is 0 Å². The molecule has 2 rings (SSSR count). The zero-order valence-corrected chi connectivity index (χ0v) is 13.1. The Morgan fingerprint density at radius 1 is 1.41 bits per heavy atom. The van der Waals surface area contributed by atoms with Crippen LogP contribution in [-0.4, -0.2) is 43.1 Å². The molecule has 1 heterocycles. The molecule has 2 amide bonds. The van der Waals surface area contributed by atoms with Crippen molar-refractivity contribution in [3.63, 3.8) is 0 Å². The number of primary amides is 1. The molecule has 3 N–H and O–H groups in total. The third-order valence-corrected chi connectivity index (χ3v) is 3.98. The van der Waals surface area contributed by atoms with E-state index in [-0.39, 0.29) is 12.1 Å². The molecular weight excluding hydrogens is 282 g/mol. The quantitative estimate of drug-likeness (QED) is 0.860. The van der Waals surface area contributed by atoms with E-state index in [1.54, 1.807) is 17.0 Å². The van der Waals surface area contributed by atoms with E-state index in [9.17, 15) is 9.59 Å². The number of hydrogen-bond acceptors (Lipinski definition) is 4. The lowest BCUT2D eigenvalue weighted by molar-refractivity contribution is 0.0613. The van der Waals surface area contributed by atoms with Crippen LogP contribution < -0.4 is 15.8 Å².